The van der Waals surface area contributed by atoms with Gasteiger partial charge in [-0.2, -0.15) is 0 Å². The molecule has 1 heterocycles. The predicted molar refractivity (Wildman–Crippen MR) is 48.7 cm³/mol. The lowest BCUT2D eigenvalue weighted by molar-refractivity contribution is 0.276. The molecule has 0 aliphatic carbocycles. The molecule has 0 aliphatic rings. The topological polar surface area (TPSA) is 46.0 Å². The highest BCUT2D eigenvalue weighted by atomic mass is 16.3. The van der Waals surface area contributed by atoms with Crippen molar-refractivity contribution in [3.05, 3.63) is 23.8 Å². The molecule has 0 fully saturated rings. The Morgan fingerprint density at radius 1 is 1.17 bits per heavy atom. The van der Waals surface area contributed by atoms with Gasteiger partial charge in [0.2, 0.25) is 0 Å². The predicted octanol–water partition coefficient (Wildman–Crippen LogP) is 1.56. The van der Waals surface area contributed by atoms with Crippen LogP contribution in [0.1, 0.15) is 32.2 Å². The van der Waals surface area contributed by atoms with Crippen molar-refractivity contribution in [2.45, 2.75) is 33.8 Å². The average Bonchev–Trinajstić information content (AvgIpc) is 2.21. The first-order valence-electron chi connectivity index (χ1n) is 4.27. The Labute approximate surface area is 73.5 Å². The van der Waals surface area contributed by atoms with E-state index in [1.54, 1.807) is 12.4 Å². The lowest BCUT2D eigenvalue weighted by atomic mass is 10.3. The summed E-state index contributed by atoms with van der Waals surface area (Å²) in [6, 6.07) is 0. The summed E-state index contributed by atoms with van der Waals surface area (Å²) in [5.41, 5.74) is 1.58. The van der Waals surface area contributed by atoms with Gasteiger partial charge in [-0.3, -0.25) is 9.97 Å². The number of hydrogen-bond donors (Lipinski definition) is 1. The quantitative estimate of drug-likeness (QED) is 0.729. The first kappa shape index (κ1) is 11.0. The van der Waals surface area contributed by atoms with E-state index in [-0.39, 0.29) is 6.61 Å². The third-order valence-electron chi connectivity index (χ3n) is 1.28. The van der Waals surface area contributed by atoms with Crippen molar-refractivity contribution in [1.29, 1.82) is 0 Å². The van der Waals surface area contributed by atoms with Crippen LogP contribution in [0.5, 0.6) is 0 Å². The van der Waals surface area contributed by atoms with Crippen molar-refractivity contribution in [3.8, 4) is 0 Å². The maximum absolute atomic E-state index is 8.60. The Balaban J connectivity index is 0.000000561. The number of nitrogens with zero attached hydrogens (tertiary/aromatic N) is 2. The molecule has 0 saturated heterocycles. The Morgan fingerprint density at radius 2 is 1.67 bits per heavy atom. The zero-order valence-electron chi connectivity index (χ0n) is 7.91. The molecular formula is C9H16N2O. The molecule has 1 rings (SSSR count). The van der Waals surface area contributed by atoms with E-state index in [0.717, 1.165) is 12.1 Å². The van der Waals surface area contributed by atoms with Crippen LogP contribution in [0, 0.1) is 0 Å². The van der Waals surface area contributed by atoms with Crippen LogP contribution < -0.4 is 0 Å². The summed E-state index contributed by atoms with van der Waals surface area (Å²) in [5, 5.41) is 8.60. The van der Waals surface area contributed by atoms with Crippen LogP contribution in [0.2, 0.25) is 0 Å². The van der Waals surface area contributed by atoms with E-state index in [4.69, 9.17) is 5.11 Å². The lowest BCUT2D eigenvalue weighted by Crippen LogP contribution is -1.93. The van der Waals surface area contributed by atoms with Crippen LogP contribution in [0.15, 0.2) is 12.4 Å². The molecule has 3 heteroatoms. The van der Waals surface area contributed by atoms with Gasteiger partial charge >= 0.3 is 0 Å². The summed E-state index contributed by atoms with van der Waals surface area (Å²) in [6.07, 6.45) is 4.17. The minimum Gasteiger partial charge on any atom is -0.390 e. The molecule has 1 aromatic rings. The summed E-state index contributed by atoms with van der Waals surface area (Å²) in [6.45, 7) is 5.99. The van der Waals surface area contributed by atoms with Crippen molar-refractivity contribution in [2.24, 2.45) is 0 Å². The monoisotopic (exact) mass is 168 g/mol. The van der Waals surface area contributed by atoms with Gasteiger partial charge in [-0.1, -0.05) is 20.8 Å². The third kappa shape index (κ3) is 3.44. The van der Waals surface area contributed by atoms with E-state index >= 15 is 0 Å². The minimum atomic E-state index is -0.0308. The van der Waals surface area contributed by atoms with Gasteiger partial charge in [0, 0.05) is 6.20 Å². The van der Waals surface area contributed by atoms with Gasteiger partial charge in [0.25, 0.3) is 0 Å². The van der Waals surface area contributed by atoms with Crippen LogP contribution in [0.25, 0.3) is 0 Å². The molecule has 0 unspecified atom stereocenters. The molecule has 68 valence electrons. The number of aromatic nitrogens is 2. The molecule has 0 saturated carbocycles. The van der Waals surface area contributed by atoms with Crippen molar-refractivity contribution in [3.63, 3.8) is 0 Å². The molecule has 0 aromatic carbocycles. The average molecular weight is 168 g/mol. The van der Waals surface area contributed by atoms with Crippen LogP contribution in [-0.4, -0.2) is 15.1 Å². The summed E-state index contributed by atoms with van der Waals surface area (Å²) in [4.78, 5) is 8.00. The van der Waals surface area contributed by atoms with Gasteiger partial charge < -0.3 is 5.11 Å². The van der Waals surface area contributed by atoms with Gasteiger partial charge in [-0.05, 0) is 6.42 Å². The fourth-order valence-corrected chi connectivity index (χ4v) is 0.646. The van der Waals surface area contributed by atoms with Gasteiger partial charge in [0.15, 0.2) is 0 Å². The number of aryl methyl sites for hydroxylation is 1. The second-order valence-corrected chi connectivity index (χ2v) is 2.01. The number of aliphatic hydroxyl groups is 1. The van der Waals surface area contributed by atoms with Crippen molar-refractivity contribution in [1.82, 2.24) is 9.97 Å². The molecule has 12 heavy (non-hydrogen) atoms. The van der Waals surface area contributed by atoms with Gasteiger partial charge in [0.05, 0.1) is 24.2 Å². The van der Waals surface area contributed by atoms with E-state index in [9.17, 15) is 0 Å². The molecule has 3 nitrogen and oxygen atoms in total. The smallest absolute Gasteiger partial charge is 0.0868 e. The number of hydrogen-bond acceptors (Lipinski definition) is 3. The van der Waals surface area contributed by atoms with Gasteiger partial charge in [-0.15, -0.1) is 0 Å². The Hall–Kier alpha value is -0.960. The molecule has 0 bridgehead atoms. The fraction of sp³-hybridized carbons (Fsp3) is 0.556. The second kappa shape index (κ2) is 6.73. The third-order valence-corrected chi connectivity index (χ3v) is 1.28. The first-order chi connectivity index (χ1) is 5.86. The first-order valence-corrected chi connectivity index (χ1v) is 4.27. The highest BCUT2D eigenvalue weighted by Crippen LogP contribution is 1.94. The summed E-state index contributed by atoms with van der Waals surface area (Å²) >= 11 is 0. The Bertz CT molecular complexity index is 173. The molecule has 1 aromatic heterocycles. The molecule has 0 amide bonds. The van der Waals surface area contributed by atoms with E-state index in [0.29, 0.717) is 5.69 Å². The SMILES string of the molecule is CC.CCc1cnc(CO)cn1. The summed E-state index contributed by atoms with van der Waals surface area (Å²) < 4.78 is 0. The highest BCUT2D eigenvalue weighted by molar-refractivity contribution is 5.00. The Kier molecular flexibility index (Phi) is 6.19. The normalized spacial score (nSPS) is 8.67. The fourth-order valence-electron chi connectivity index (χ4n) is 0.646. The van der Waals surface area contributed by atoms with E-state index in [2.05, 4.69) is 9.97 Å². The zero-order valence-corrected chi connectivity index (χ0v) is 7.91. The van der Waals surface area contributed by atoms with Crippen LogP contribution in [0.3, 0.4) is 0 Å². The molecule has 1 N–H and O–H groups in total. The standard InChI is InChI=1S/C7H10N2O.C2H6/c1-2-6-3-9-7(5-10)4-8-6;1-2/h3-4,10H,2,5H2,1H3;1-2H3. The summed E-state index contributed by atoms with van der Waals surface area (Å²) in [5.74, 6) is 0. The molecule has 0 radical (unpaired) electrons. The molecule has 0 atom stereocenters. The highest BCUT2D eigenvalue weighted by Gasteiger charge is 1.91. The Morgan fingerprint density at radius 3 is 2.00 bits per heavy atom. The maximum atomic E-state index is 8.60. The van der Waals surface area contributed by atoms with E-state index in [1.165, 1.54) is 0 Å². The maximum Gasteiger partial charge on any atom is 0.0868 e. The molecule has 0 aliphatic heterocycles. The van der Waals surface area contributed by atoms with Crippen LogP contribution >= 0.6 is 0 Å². The largest absolute Gasteiger partial charge is 0.390 e. The van der Waals surface area contributed by atoms with E-state index < -0.39 is 0 Å². The second-order valence-electron chi connectivity index (χ2n) is 2.01. The van der Waals surface area contributed by atoms with Crippen LogP contribution in [0.4, 0.5) is 0 Å². The van der Waals surface area contributed by atoms with Crippen molar-refractivity contribution < 1.29 is 5.11 Å². The number of aliphatic hydroxyl groups excluding tert-OH is 1. The molecular weight excluding hydrogens is 152 g/mol. The lowest BCUT2D eigenvalue weighted by Gasteiger charge is -1.95. The van der Waals surface area contributed by atoms with Gasteiger partial charge in [0.1, 0.15) is 0 Å². The zero-order chi connectivity index (χ0) is 9.40. The minimum absolute atomic E-state index is 0.0308. The van der Waals surface area contributed by atoms with Gasteiger partial charge in [-0.25, -0.2) is 0 Å². The number of rotatable bonds is 2. The van der Waals surface area contributed by atoms with Crippen molar-refractivity contribution >= 4 is 0 Å². The summed E-state index contributed by atoms with van der Waals surface area (Å²) in [7, 11) is 0. The van der Waals surface area contributed by atoms with Crippen molar-refractivity contribution in [2.75, 3.05) is 0 Å². The molecule has 0 spiro atoms. The van der Waals surface area contributed by atoms with E-state index in [1.807, 2.05) is 20.8 Å². The van der Waals surface area contributed by atoms with Crippen LogP contribution in [-0.2, 0) is 13.0 Å².